The van der Waals surface area contributed by atoms with Gasteiger partial charge in [0, 0.05) is 36.7 Å². The molecule has 5 heterocycles. The van der Waals surface area contributed by atoms with Gasteiger partial charge >= 0.3 is 6.18 Å². The number of alkyl halides is 3. The maximum Gasteiger partial charge on any atom is 0.417 e. The number of carbonyl (C=O) groups is 2. The first-order valence-corrected chi connectivity index (χ1v) is 13.0. The summed E-state index contributed by atoms with van der Waals surface area (Å²) in [5.41, 5.74) is 0.482. The molecule has 1 aromatic heterocycles. The zero-order chi connectivity index (χ0) is 28.9. The van der Waals surface area contributed by atoms with Gasteiger partial charge in [0.05, 0.1) is 29.1 Å². The first kappa shape index (κ1) is 26.5. The van der Waals surface area contributed by atoms with E-state index in [1.54, 1.807) is 30.7 Å². The van der Waals surface area contributed by atoms with Gasteiger partial charge in [0.15, 0.2) is 0 Å². The van der Waals surface area contributed by atoms with Gasteiger partial charge in [-0.1, -0.05) is 0 Å². The number of pyridine rings is 1. The molecule has 10 nitrogen and oxygen atoms in total. The molecular formula is C28H24F3N8O2+. The van der Waals surface area contributed by atoms with E-state index in [0.717, 1.165) is 31.2 Å². The third kappa shape index (κ3) is 4.60. The molecule has 0 saturated carbocycles. The number of halogens is 3. The van der Waals surface area contributed by atoms with Gasteiger partial charge < -0.3 is 10.2 Å². The molecule has 13 heteroatoms. The third-order valence-electron chi connectivity index (χ3n) is 7.90. The van der Waals surface area contributed by atoms with Gasteiger partial charge in [-0.25, -0.2) is 4.98 Å². The summed E-state index contributed by atoms with van der Waals surface area (Å²) in [7, 11) is 0. The topological polar surface area (TPSA) is 137 Å². The molecule has 2 amide bonds. The predicted molar refractivity (Wildman–Crippen MR) is 141 cm³/mol. The molecule has 0 aliphatic carbocycles. The number of nitrogens with one attached hydrogen (secondary N) is 1. The lowest BCUT2D eigenvalue weighted by atomic mass is 9.90. The van der Waals surface area contributed by atoms with Gasteiger partial charge in [-0.05, 0) is 49.6 Å². The van der Waals surface area contributed by atoms with Crippen LogP contribution in [0.5, 0.6) is 0 Å². The third-order valence-corrected chi connectivity index (χ3v) is 7.90. The van der Waals surface area contributed by atoms with Gasteiger partial charge in [-0.3, -0.25) is 14.6 Å². The quantitative estimate of drug-likeness (QED) is 0.432. The Kier molecular flexibility index (Phi) is 6.32. The molecule has 0 bridgehead atoms. The van der Waals surface area contributed by atoms with Gasteiger partial charge in [0.2, 0.25) is 11.6 Å². The van der Waals surface area contributed by atoms with Crippen LogP contribution >= 0.6 is 0 Å². The van der Waals surface area contributed by atoms with Crippen molar-refractivity contribution in [3.05, 3.63) is 82.6 Å². The van der Waals surface area contributed by atoms with Crippen LogP contribution in [0, 0.1) is 17.2 Å². The molecule has 3 atom stereocenters. The minimum atomic E-state index is -4.78. The summed E-state index contributed by atoms with van der Waals surface area (Å²) in [5.74, 6) is 6.51. The van der Waals surface area contributed by atoms with Crippen LogP contribution in [-0.2, 0) is 11.0 Å². The standard InChI is InChI=1S/C28H23F3N8O2/c29-28(30,31)21-11-23(35-13-19(21)12-32)36-27(41)17-3-1-16(2-4-17)26-37-25(22-14-34-9-10-39(22,26)33)18-5-6-20-7-8-24(40)38(20)15-18/h1-4,9-11,13-14,18,20H,5-8,15,33H2/p+1/t18-,20+,39?/m1/s1. The number of nitrogens with zero attached hydrogens (tertiary/aromatic N) is 6. The highest BCUT2D eigenvalue weighted by molar-refractivity contribution is 6.05. The fraction of sp³-hybridized carbons (Fsp3) is 0.286. The number of nitrogens with two attached hydrogens (primary N) is 1. The largest absolute Gasteiger partial charge is 0.417 e. The van der Waals surface area contributed by atoms with Gasteiger partial charge in [0.1, 0.15) is 23.8 Å². The van der Waals surface area contributed by atoms with Crippen molar-refractivity contribution < 1.29 is 27.4 Å². The van der Waals surface area contributed by atoms with E-state index in [9.17, 15) is 22.8 Å². The summed E-state index contributed by atoms with van der Waals surface area (Å²) < 4.78 is 39.7. The van der Waals surface area contributed by atoms with Gasteiger partial charge in [-0.15, -0.1) is 4.59 Å². The summed E-state index contributed by atoms with van der Waals surface area (Å²) >= 11 is 0. The number of amides is 2. The second-order valence-corrected chi connectivity index (χ2v) is 10.3. The molecule has 0 spiro atoms. The highest BCUT2D eigenvalue weighted by Gasteiger charge is 2.48. The first-order chi connectivity index (χ1) is 19.6. The maximum absolute atomic E-state index is 13.3. The van der Waals surface area contributed by atoms with Crippen molar-refractivity contribution in [2.24, 2.45) is 21.7 Å². The number of aromatic nitrogens is 1. The Morgan fingerprint density at radius 2 is 1.98 bits per heavy atom. The van der Waals surface area contributed by atoms with Crippen LogP contribution in [0.3, 0.4) is 0 Å². The number of hydrogen-bond acceptors (Lipinski definition) is 7. The number of rotatable bonds is 4. The summed E-state index contributed by atoms with van der Waals surface area (Å²) in [4.78, 5) is 40.1. The molecule has 2 fully saturated rings. The number of amidine groups is 1. The van der Waals surface area contributed by atoms with Crippen molar-refractivity contribution in [3.63, 3.8) is 0 Å². The normalized spacial score (nSPS) is 25.1. The van der Waals surface area contributed by atoms with Crippen LogP contribution in [0.4, 0.5) is 19.0 Å². The SMILES string of the molecule is N#Cc1cnc(NC(=O)c2ccc(C3=NC([C@@H]4CC[C@H]5CCC(=O)N5C4)=C4C=NC=C[N+]34N)cc2)cc1C(F)(F)F. The number of nitriles is 1. The number of piperidine rings is 1. The maximum atomic E-state index is 13.3. The highest BCUT2D eigenvalue weighted by atomic mass is 19.4. The molecule has 2 aromatic rings. The fourth-order valence-corrected chi connectivity index (χ4v) is 5.80. The van der Waals surface area contributed by atoms with E-state index < -0.39 is 23.2 Å². The Hall–Kier alpha value is -4.67. The van der Waals surface area contributed by atoms with Crippen LogP contribution < -0.4 is 11.2 Å². The van der Waals surface area contributed by atoms with E-state index in [-0.39, 0.29) is 33.8 Å². The molecule has 0 radical (unpaired) electrons. The molecular weight excluding hydrogens is 537 g/mol. The van der Waals surface area contributed by atoms with E-state index in [1.165, 1.54) is 18.2 Å². The highest BCUT2D eigenvalue weighted by Crippen LogP contribution is 2.40. The molecule has 2 saturated heterocycles. The number of aliphatic imine (C=N–C) groups is 2. The number of anilines is 1. The van der Waals surface area contributed by atoms with Crippen LogP contribution in [0.15, 0.2) is 70.3 Å². The van der Waals surface area contributed by atoms with Crippen molar-refractivity contribution >= 4 is 29.7 Å². The number of benzene rings is 1. The number of carbonyl (C=O) groups excluding carboxylic acids is 2. The van der Waals surface area contributed by atoms with Crippen molar-refractivity contribution in [2.45, 2.75) is 37.9 Å². The van der Waals surface area contributed by atoms with E-state index in [2.05, 4.69) is 15.3 Å². The van der Waals surface area contributed by atoms with E-state index in [4.69, 9.17) is 16.1 Å². The van der Waals surface area contributed by atoms with Gasteiger partial charge in [0.25, 0.3) is 11.7 Å². The second kappa shape index (κ2) is 9.76. The van der Waals surface area contributed by atoms with Crippen LogP contribution in [0.25, 0.3) is 0 Å². The molecule has 1 unspecified atom stereocenters. The predicted octanol–water partition coefficient (Wildman–Crippen LogP) is 3.84. The zero-order valence-corrected chi connectivity index (χ0v) is 21.6. The second-order valence-electron chi connectivity index (χ2n) is 10.3. The van der Waals surface area contributed by atoms with E-state index in [1.807, 2.05) is 4.90 Å². The summed E-state index contributed by atoms with van der Waals surface area (Å²) in [6.07, 6.45) is 4.22. The Morgan fingerprint density at radius 1 is 1.20 bits per heavy atom. The summed E-state index contributed by atoms with van der Waals surface area (Å²) in [6.45, 7) is 0.579. The van der Waals surface area contributed by atoms with Crippen LogP contribution in [0.2, 0.25) is 0 Å². The van der Waals surface area contributed by atoms with Gasteiger partial charge in [-0.2, -0.15) is 29.3 Å². The average Bonchev–Trinajstić information content (AvgIpc) is 3.49. The van der Waals surface area contributed by atoms with Crippen molar-refractivity contribution in [1.29, 1.82) is 5.26 Å². The minimum absolute atomic E-state index is 0.00589. The van der Waals surface area contributed by atoms with Crippen molar-refractivity contribution in [1.82, 2.24) is 9.88 Å². The number of allylic oxidation sites excluding steroid dienone is 1. The lowest BCUT2D eigenvalue weighted by molar-refractivity contribution is -0.750. The lowest BCUT2D eigenvalue weighted by Gasteiger charge is -2.35. The summed E-state index contributed by atoms with van der Waals surface area (Å²) in [5, 5.41) is 11.3. The average molecular weight is 562 g/mol. The number of hydrogen-bond donors (Lipinski definition) is 2. The first-order valence-electron chi connectivity index (χ1n) is 13.0. The molecule has 6 rings (SSSR count). The minimum Gasteiger partial charge on any atom is -0.339 e. The molecule has 4 aliphatic rings. The Bertz CT molecular complexity index is 1620. The van der Waals surface area contributed by atoms with Crippen LogP contribution in [-0.4, -0.2) is 50.9 Å². The van der Waals surface area contributed by atoms with Crippen molar-refractivity contribution in [2.75, 3.05) is 11.9 Å². The zero-order valence-electron chi connectivity index (χ0n) is 21.6. The monoisotopic (exact) mass is 561 g/mol. The lowest BCUT2D eigenvalue weighted by Crippen LogP contribution is -2.53. The molecule has 41 heavy (non-hydrogen) atoms. The fourth-order valence-electron chi connectivity index (χ4n) is 5.80. The molecule has 1 aromatic carbocycles. The molecule has 4 aliphatic heterocycles. The Labute approximate surface area is 232 Å². The smallest absolute Gasteiger partial charge is 0.339 e. The molecule has 208 valence electrons. The Balaban J connectivity index is 1.24. The molecule has 3 N–H and O–H groups in total. The van der Waals surface area contributed by atoms with E-state index >= 15 is 0 Å². The van der Waals surface area contributed by atoms with Crippen LogP contribution in [0.1, 0.15) is 52.7 Å². The Morgan fingerprint density at radius 3 is 2.71 bits per heavy atom. The number of quaternary nitrogens is 1. The number of fused-ring (bicyclic) bond motifs is 2. The van der Waals surface area contributed by atoms with E-state index in [0.29, 0.717) is 36.1 Å². The van der Waals surface area contributed by atoms with Crippen molar-refractivity contribution in [3.8, 4) is 6.07 Å². The summed E-state index contributed by atoms with van der Waals surface area (Å²) in [6, 6.07) is 8.72.